The molecule has 0 unspecified atom stereocenters. The molecule has 0 heterocycles. The van der Waals surface area contributed by atoms with Crippen LogP contribution in [0.3, 0.4) is 0 Å². The number of carbonyl (C=O) groups is 1. The fraction of sp³-hybridized carbons (Fsp3) is 0.889. The SMILES string of the molecule is CC(C)CCC=O.CCCN. The van der Waals surface area contributed by atoms with Crippen molar-refractivity contribution in [2.45, 2.75) is 40.0 Å². The van der Waals surface area contributed by atoms with Gasteiger partial charge in [0.05, 0.1) is 0 Å². The molecule has 0 atom stereocenters. The Balaban J connectivity index is 0. The van der Waals surface area contributed by atoms with Crippen molar-refractivity contribution < 1.29 is 4.79 Å². The first-order valence-electron chi connectivity index (χ1n) is 4.32. The molecule has 0 aromatic heterocycles. The largest absolute Gasteiger partial charge is 0.330 e. The normalized spacial score (nSPS) is 8.82. The second-order valence-electron chi connectivity index (χ2n) is 2.93. The second kappa shape index (κ2) is 12.3. The maximum absolute atomic E-state index is 9.71. The molecule has 0 bridgehead atoms. The van der Waals surface area contributed by atoms with E-state index in [4.69, 9.17) is 5.73 Å². The van der Waals surface area contributed by atoms with E-state index in [1.807, 2.05) is 0 Å². The minimum atomic E-state index is 0.671. The molecular weight excluding hydrogens is 138 g/mol. The van der Waals surface area contributed by atoms with Gasteiger partial charge in [-0.25, -0.2) is 0 Å². The summed E-state index contributed by atoms with van der Waals surface area (Å²) < 4.78 is 0. The Morgan fingerprint density at radius 2 is 1.91 bits per heavy atom. The molecule has 0 amide bonds. The molecule has 2 heteroatoms. The predicted molar refractivity (Wildman–Crippen MR) is 49.5 cm³/mol. The van der Waals surface area contributed by atoms with Gasteiger partial charge in [-0.3, -0.25) is 0 Å². The van der Waals surface area contributed by atoms with Gasteiger partial charge in [0.1, 0.15) is 6.29 Å². The van der Waals surface area contributed by atoms with Gasteiger partial charge in [0.25, 0.3) is 0 Å². The van der Waals surface area contributed by atoms with Crippen molar-refractivity contribution in [3.63, 3.8) is 0 Å². The fourth-order valence-corrected chi connectivity index (χ4v) is 0.401. The molecule has 0 saturated carbocycles. The lowest BCUT2D eigenvalue weighted by Crippen LogP contribution is -1.93. The molecule has 0 aromatic carbocycles. The minimum Gasteiger partial charge on any atom is -0.330 e. The highest BCUT2D eigenvalue weighted by atomic mass is 16.1. The standard InChI is InChI=1S/C6H12O.C3H9N/c1-6(2)4-3-5-7;1-2-3-4/h5-6H,3-4H2,1-2H3;2-4H2,1H3. The van der Waals surface area contributed by atoms with Gasteiger partial charge in [0.2, 0.25) is 0 Å². The molecule has 0 spiro atoms. The van der Waals surface area contributed by atoms with Gasteiger partial charge in [-0.2, -0.15) is 0 Å². The Bertz CT molecular complexity index is 70.0. The van der Waals surface area contributed by atoms with Crippen molar-refractivity contribution in [1.29, 1.82) is 0 Å². The van der Waals surface area contributed by atoms with Crippen LogP contribution in [0.4, 0.5) is 0 Å². The fourth-order valence-electron chi connectivity index (χ4n) is 0.401. The third-order valence-corrected chi connectivity index (χ3v) is 1.15. The monoisotopic (exact) mass is 159 g/mol. The van der Waals surface area contributed by atoms with Crippen molar-refractivity contribution >= 4 is 6.29 Å². The first kappa shape index (κ1) is 13.2. The van der Waals surface area contributed by atoms with E-state index in [-0.39, 0.29) is 0 Å². The summed E-state index contributed by atoms with van der Waals surface area (Å²) in [5, 5.41) is 0. The summed E-state index contributed by atoms with van der Waals surface area (Å²) in [5.74, 6) is 0.671. The first-order valence-corrected chi connectivity index (χ1v) is 4.32. The van der Waals surface area contributed by atoms with E-state index in [9.17, 15) is 4.79 Å². The molecule has 0 rings (SSSR count). The Morgan fingerprint density at radius 3 is 2.00 bits per heavy atom. The molecule has 0 aliphatic carbocycles. The zero-order valence-corrected chi connectivity index (χ0v) is 7.97. The summed E-state index contributed by atoms with van der Waals surface area (Å²) in [4.78, 5) is 9.71. The van der Waals surface area contributed by atoms with Crippen molar-refractivity contribution in [2.75, 3.05) is 6.54 Å². The summed E-state index contributed by atoms with van der Waals surface area (Å²) in [7, 11) is 0. The molecule has 2 nitrogen and oxygen atoms in total. The molecule has 0 saturated heterocycles. The first-order chi connectivity index (χ1) is 5.18. The smallest absolute Gasteiger partial charge is 0.120 e. The van der Waals surface area contributed by atoms with E-state index in [2.05, 4.69) is 20.8 Å². The van der Waals surface area contributed by atoms with Gasteiger partial charge in [-0.05, 0) is 25.3 Å². The molecule has 2 N–H and O–H groups in total. The minimum absolute atomic E-state index is 0.671. The Labute approximate surface area is 70.2 Å². The summed E-state index contributed by atoms with van der Waals surface area (Å²) in [6.07, 6.45) is 3.82. The number of nitrogens with two attached hydrogens (primary N) is 1. The lowest BCUT2D eigenvalue weighted by molar-refractivity contribution is -0.108. The number of aldehydes is 1. The highest BCUT2D eigenvalue weighted by molar-refractivity contribution is 5.48. The zero-order chi connectivity index (χ0) is 9.11. The molecule has 11 heavy (non-hydrogen) atoms. The summed E-state index contributed by atoms with van der Waals surface area (Å²) in [5.41, 5.74) is 5.03. The highest BCUT2D eigenvalue weighted by Gasteiger charge is 1.88. The van der Waals surface area contributed by atoms with E-state index in [0.29, 0.717) is 5.92 Å². The Kier molecular flexibility index (Phi) is 14.8. The maximum atomic E-state index is 9.71. The summed E-state index contributed by atoms with van der Waals surface area (Å²) in [6, 6.07) is 0. The van der Waals surface area contributed by atoms with E-state index in [1.165, 1.54) is 0 Å². The molecular formula is C9H21NO. The van der Waals surface area contributed by atoms with Crippen LogP contribution in [0.15, 0.2) is 0 Å². The Morgan fingerprint density at radius 1 is 1.45 bits per heavy atom. The van der Waals surface area contributed by atoms with Crippen LogP contribution in [0.25, 0.3) is 0 Å². The Hall–Kier alpha value is -0.370. The van der Waals surface area contributed by atoms with E-state index in [0.717, 1.165) is 32.1 Å². The van der Waals surface area contributed by atoms with Gasteiger partial charge in [0.15, 0.2) is 0 Å². The van der Waals surface area contributed by atoms with E-state index >= 15 is 0 Å². The summed E-state index contributed by atoms with van der Waals surface area (Å²) in [6.45, 7) is 7.10. The van der Waals surface area contributed by atoms with Gasteiger partial charge >= 0.3 is 0 Å². The average Bonchev–Trinajstić information content (AvgIpc) is 2.01. The summed E-state index contributed by atoms with van der Waals surface area (Å²) >= 11 is 0. The number of rotatable bonds is 4. The van der Waals surface area contributed by atoms with Crippen LogP contribution >= 0.6 is 0 Å². The van der Waals surface area contributed by atoms with Crippen molar-refractivity contribution in [2.24, 2.45) is 11.7 Å². The highest BCUT2D eigenvalue weighted by Crippen LogP contribution is 1.99. The zero-order valence-electron chi connectivity index (χ0n) is 7.97. The van der Waals surface area contributed by atoms with Crippen LogP contribution in [0.2, 0.25) is 0 Å². The van der Waals surface area contributed by atoms with Gasteiger partial charge in [-0.15, -0.1) is 0 Å². The van der Waals surface area contributed by atoms with Gasteiger partial charge in [0, 0.05) is 6.42 Å². The third kappa shape index (κ3) is 26.2. The van der Waals surface area contributed by atoms with Gasteiger partial charge in [-0.1, -0.05) is 20.8 Å². The van der Waals surface area contributed by atoms with Crippen LogP contribution in [0.5, 0.6) is 0 Å². The number of carbonyl (C=O) groups excluding carboxylic acids is 1. The van der Waals surface area contributed by atoms with Crippen molar-refractivity contribution in [3.05, 3.63) is 0 Å². The molecule has 0 aliphatic rings. The van der Waals surface area contributed by atoms with Crippen LogP contribution in [0, 0.1) is 5.92 Å². The topological polar surface area (TPSA) is 43.1 Å². The lowest BCUT2D eigenvalue weighted by atomic mass is 10.1. The quantitative estimate of drug-likeness (QED) is 0.637. The molecule has 0 aromatic rings. The molecule has 0 radical (unpaired) electrons. The van der Waals surface area contributed by atoms with Crippen molar-refractivity contribution in [1.82, 2.24) is 0 Å². The molecule has 68 valence electrons. The maximum Gasteiger partial charge on any atom is 0.120 e. The third-order valence-electron chi connectivity index (χ3n) is 1.15. The molecule has 0 fully saturated rings. The van der Waals surface area contributed by atoms with Crippen LogP contribution in [-0.2, 0) is 4.79 Å². The van der Waals surface area contributed by atoms with Crippen LogP contribution < -0.4 is 5.73 Å². The van der Waals surface area contributed by atoms with Crippen LogP contribution in [-0.4, -0.2) is 12.8 Å². The van der Waals surface area contributed by atoms with E-state index in [1.54, 1.807) is 0 Å². The number of hydrogen-bond acceptors (Lipinski definition) is 2. The predicted octanol–water partition coefficient (Wildman–Crippen LogP) is 1.98. The van der Waals surface area contributed by atoms with E-state index < -0.39 is 0 Å². The number of hydrogen-bond donors (Lipinski definition) is 1. The molecule has 0 aliphatic heterocycles. The second-order valence-corrected chi connectivity index (χ2v) is 2.93. The lowest BCUT2D eigenvalue weighted by Gasteiger charge is -1.95. The average molecular weight is 159 g/mol. The van der Waals surface area contributed by atoms with Crippen molar-refractivity contribution in [3.8, 4) is 0 Å². The van der Waals surface area contributed by atoms with Crippen LogP contribution in [0.1, 0.15) is 40.0 Å². The van der Waals surface area contributed by atoms with Gasteiger partial charge < -0.3 is 10.5 Å².